The van der Waals surface area contributed by atoms with Crippen LogP contribution in [0, 0.1) is 0 Å². The van der Waals surface area contributed by atoms with Gasteiger partial charge in [-0.3, -0.25) is 10.1 Å². The summed E-state index contributed by atoms with van der Waals surface area (Å²) >= 11 is 11.9. The maximum Gasteiger partial charge on any atom is 0.258 e. The number of nitrogens with one attached hydrogen (secondary N) is 2. The molecule has 6 heteroatoms. The first-order valence-corrected chi connectivity index (χ1v) is 7.69. The van der Waals surface area contributed by atoms with E-state index in [9.17, 15) is 4.79 Å². The fraction of sp³-hybridized carbons (Fsp3) is 0. The highest BCUT2D eigenvalue weighted by molar-refractivity contribution is 9.11. The summed E-state index contributed by atoms with van der Waals surface area (Å²) in [4.78, 5) is 12.1. The molecule has 0 aromatic heterocycles. The van der Waals surface area contributed by atoms with E-state index in [2.05, 4.69) is 42.5 Å². The van der Waals surface area contributed by atoms with Gasteiger partial charge in [0, 0.05) is 8.95 Å². The Kier molecular flexibility index (Phi) is 5.28. The molecule has 0 bridgehead atoms. The average molecular weight is 414 g/mol. The van der Waals surface area contributed by atoms with Crippen LogP contribution < -0.4 is 10.6 Å². The molecule has 0 radical (unpaired) electrons. The third kappa shape index (κ3) is 3.88. The van der Waals surface area contributed by atoms with Crippen molar-refractivity contribution in [2.24, 2.45) is 0 Å². The zero-order chi connectivity index (χ0) is 14.5. The minimum Gasteiger partial charge on any atom is -0.331 e. The van der Waals surface area contributed by atoms with Crippen LogP contribution in [-0.4, -0.2) is 11.0 Å². The van der Waals surface area contributed by atoms with Crippen LogP contribution >= 0.6 is 44.1 Å². The number of halogens is 2. The summed E-state index contributed by atoms with van der Waals surface area (Å²) in [5, 5.41) is 5.86. The van der Waals surface area contributed by atoms with Crippen LogP contribution in [0.15, 0.2) is 57.5 Å². The van der Waals surface area contributed by atoms with E-state index in [0.717, 1.165) is 14.6 Å². The third-order valence-electron chi connectivity index (χ3n) is 2.47. The first-order valence-electron chi connectivity index (χ1n) is 5.69. The summed E-state index contributed by atoms with van der Waals surface area (Å²) in [5.41, 5.74) is 1.33. The number of hydrogen-bond acceptors (Lipinski definition) is 2. The van der Waals surface area contributed by atoms with Crippen molar-refractivity contribution < 1.29 is 4.79 Å². The van der Waals surface area contributed by atoms with E-state index in [-0.39, 0.29) is 11.0 Å². The second-order valence-corrected chi connectivity index (χ2v) is 5.98. The number of benzene rings is 2. The van der Waals surface area contributed by atoms with Gasteiger partial charge in [0.25, 0.3) is 5.91 Å². The van der Waals surface area contributed by atoms with Crippen molar-refractivity contribution in [2.45, 2.75) is 0 Å². The van der Waals surface area contributed by atoms with Crippen LogP contribution in [0.25, 0.3) is 0 Å². The van der Waals surface area contributed by atoms with E-state index in [4.69, 9.17) is 12.2 Å². The summed E-state index contributed by atoms with van der Waals surface area (Å²) in [6.07, 6.45) is 0. The van der Waals surface area contributed by atoms with Crippen LogP contribution in [0.4, 0.5) is 5.69 Å². The quantitative estimate of drug-likeness (QED) is 0.719. The molecule has 2 N–H and O–H groups in total. The number of carbonyl (C=O) groups excluding carboxylic acids is 1. The van der Waals surface area contributed by atoms with Crippen molar-refractivity contribution in [1.29, 1.82) is 0 Å². The van der Waals surface area contributed by atoms with Crippen LogP contribution in [-0.2, 0) is 0 Å². The van der Waals surface area contributed by atoms with E-state index in [1.165, 1.54) is 0 Å². The smallest absolute Gasteiger partial charge is 0.258 e. The monoisotopic (exact) mass is 412 g/mol. The molecule has 0 aliphatic heterocycles. The van der Waals surface area contributed by atoms with Crippen molar-refractivity contribution in [3.63, 3.8) is 0 Å². The zero-order valence-corrected chi connectivity index (χ0v) is 14.2. The molecule has 102 valence electrons. The Morgan fingerprint density at radius 1 is 0.950 bits per heavy atom. The molecule has 0 heterocycles. The molecule has 1 amide bonds. The predicted octanol–water partition coefficient (Wildman–Crippen LogP) is 4.34. The van der Waals surface area contributed by atoms with Crippen molar-refractivity contribution in [2.75, 3.05) is 5.32 Å². The number of amides is 1. The standard InChI is InChI=1S/C14H10Br2N2OS/c15-10-6-2-1-5-9(10)13(19)18-14(20)17-12-8-4-3-7-11(12)16/h1-8H,(H2,17,18,19,20). The topological polar surface area (TPSA) is 41.1 Å². The molecular weight excluding hydrogens is 404 g/mol. The SMILES string of the molecule is O=C(NC(=S)Nc1ccccc1Br)c1ccccc1Br. The van der Waals surface area contributed by atoms with E-state index < -0.39 is 0 Å². The van der Waals surface area contributed by atoms with Crippen LogP contribution in [0.5, 0.6) is 0 Å². The number of anilines is 1. The lowest BCUT2D eigenvalue weighted by atomic mass is 10.2. The van der Waals surface area contributed by atoms with Gasteiger partial charge in [-0.2, -0.15) is 0 Å². The van der Waals surface area contributed by atoms with Gasteiger partial charge in [0.15, 0.2) is 5.11 Å². The molecule has 0 saturated carbocycles. The molecule has 0 aliphatic rings. The summed E-state index contributed by atoms with van der Waals surface area (Å²) in [6, 6.07) is 14.7. The van der Waals surface area contributed by atoms with Gasteiger partial charge < -0.3 is 5.32 Å². The normalized spacial score (nSPS) is 9.90. The molecule has 0 atom stereocenters. The maximum absolute atomic E-state index is 12.1. The van der Waals surface area contributed by atoms with Gasteiger partial charge >= 0.3 is 0 Å². The second-order valence-electron chi connectivity index (χ2n) is 3.87. The van der Waals surface area contributed by atoms with Gasteiger partial charge in [0.1, 0.15) is 0 Å². The van der Waals surface area contributed by atoms with Crippen LogP contribution in [0.2, 0.25) is 0 Å². The molecule has 0 spiro atoms. The largest absolute Gasteiger partial charge is 0.331 e. The minimum absolute atomic E-state index is 0.248. The van der Waals surface area contributed by atoms with E-state index >= 15 is 0 Å². The van der Waals surface area contributed by atoms with Crippen molar-refractivity contribution in [3.8, 4) is 0 Å². The minimum atomic E-state index is -0.262. The Bertz CT molecular complexity index is 661. The molecule has 3 nitrogen and oxygen atoms in total. The lowest BCUT2D eigenvalue weighted by molar-refractivity contribution is 0.0977. The Morgan fingerprint density at radius 2 is 1.55 bits per heavy atom. The number of carbonyl (C=O) groups is 1. The molecule has 0 fully saturated rings. The molecule has 0 saturated heterocycles. The highest BCUT2D eigenvalue weighted by Gasteiger charge is 2.11. The van der Waals surface area contributed by atoms with Crippen molar-refractivity contribution >= 4 is 60.8 Å². The van der Waals surface area contributed by atoms with Crippen LogP contribution in [0.1, 0.15) is 10.4 Å². The van der Waals surface area contributed by atoms with Gasteiger partial charge in [-0.15, -0.1) is 0 Å². The fourth-order valence-corrected chi connectivity index (χ4v) is 2.58. The number of thiocarbonyl (C=S) groups is 1. The lowest BCUT2D eigenvalue weighted by Crippen LogP contribution is -2.34. The first-order chi connectivity index (χ1) is 9.58. The molecule has 20 heavy (non-hydrogen) atoms. The molecule has 2 rings (SSSR count). The summed E-state index contributed by atoms with van der Waals surface area (Å²) < 4.78 is 1.60. The molecule has 0 aliphatic carbocycles. The van der Waals surface area contributed by atoms with Gasteiger partial charge in [-0.25, -0.2) is 0 Å². The molecule has 0 unspecified atom stereocenters. The summed E-state index contributed by atoms with van der Waals surface area (Å²) in [7, 11) is 0. The van der Waals surface area contributed by atoms with E-state index in [1.54, 1.807) is 18.2 Å². The van der Waals surface area contributed by atoms with Gasteiger partial charge in [-0.05, 0) is 68.3 Å². The summed E-state index contributed by atoms with van der Waals surface area (Å²) in [6.45, 7) is 0. The Balaban J connectivity index is 2.04. The zero-order valence-electron chi connectivity index (χ0n) is 10.2. The average Bonchev–Trinajstić information content (AvgIpc) is 2.41. The Hall–Kier alpha value is -1.24. The molecule has 2 aromatic rings. The van der Waals surface area contributed by atoms with Gasteiger partial charge in [-0.1, -0.05) is 24.3 Å². The predicted molar refractivity (Wildman–Crippen MR) is 92.0 cm³/mol. The fourth-order valence-electron chi connectivity index (χ4n) is 1.53. The Morgan fingerprint density at radius 3 is 2.20 bits per heavy atom. The van der Waals surface area contributed by atoms with E-state index in [1.807, 2.05) is 30.3 Å². The number of para-hydroxylation sites is 1. The van der Waals surface area contributed by atoms with Crippen LogP contribution in [0.3, 0.4) is 0 Å². The number of hydrogen-bond donors (Lipinski definition) is 2. The van der Waals surface area contributed by atoms with E-state index in [0.29, 0.717) is 5.56 Å². The highest BCUT2D eigenvalue weighted by atomic mass is 79.9. The lowest BCUT2D eigenvalue weighted by Gasteiger charge is -2.11. The number of rotatable bonds is 2. The second kappa shape index (κ2) is 6.97. The molecule has 2 aromatic carbocycles. The maximum atomic E-state index is 12.1. The first kappa shape index (κ1) is 15.2. The Labute approximate surface area is 139 Å². The van der Waals surface area contributed by atoms with Crippen molar-refractivity contribution in [1.82, 2.24) is 5.32 Å². The highest BCUT2D eigenvalue weighted by Crippen LogP contribution is 2.21. The summed E-state index contributed by atoms with van der Waals surface area (Å²) in [5.74, 6) is -0.262. The van der Waals surface area contributed by atoms with Gasteiger partial charge in [0.05, 0.1) is 11.3 Å². The third-order valence-corrected chi connectivity index (χ3v) is 4.05. The van der Waals surface area contributed by atoms with Gasteiger partial charge in [0.2, 0.25) is 0 Å². The van der Waals surface area contributed by atoms with Crippen molar-refractivity contribution in [3.05, 3.63) is 63.0 Å². The molecular formula is C14H10Br2N2OS.